The van der Waals surface area contributed by atoms with Gasteiger partial charge in [-0.2, -0.15) is 0 Å². The molecule has 6 nitrogen and oxygen atoms in total. The first kappa shape index (κ1) is 15.2. The molecule has 0 aromatic heterocycles. The van der Waals surface area contributed by atoms with Gasteiger partial charge in [-0.1, -0.05) is 6.07 Å². The van der Waals surface area contributed by atoms with Gasteiger partial charge < -0.3 is 20.1 Å². The van der Waals surface area contributed by atoms with E-state index in [-0.39, 0.29) is 13.2 Å². The molecule has 1 aliphatic rings. The van der Waals surface area contributed by atoms with Gasteiger partial charge in [-0.25, -0.2) is 9.18 Å². The number of ether oxygens (including phenoxy) is 1. The maximum absolute atomic E-state index is 13.4. The number of aryl methyl sites for hydroxylation is 1. The van der Waals surface area contributed by atoms with Crippen LogP contribution in [-0.2, 0) is 9.53 Å². The van der Waals surface area contributed by atoms with Gasteiger partial charge in [0.15, 0.2) is 0 Å². The van der Waals surface area contributed by atoms with Crippen molar-refractivity contribution in [2.24, 2.45) is 5.92 Å². The molecule has 1 fully saturated rings. The zero-order chi connectivity index (χ0) is 15.6. The second-order valence-electron chi connectivity index (χ2n) is 5.05. The Kier molecular flexibility index (Phi) is 4.42. The first-order valence-corrected chi connectivity index (χ1v) is 6.50. The maximum atomic E-state index is 13.4. The van der Waals surface area contributed by atoms with Crippen molar-refractivity contribution in [2.75, 3.05) is 25.6 Å². The minimum absolute atomic E-state index is 0.0801. The van der Waals surface area contributed by atoms with Crippen LogP contribution in [0.15, 0.2) is 18.2 Å². The highest BCUT2D eigenvalue weighted by molar-refractivity contribution is 5.89. The van der Waals surface area contributed by atoms with E-state index < -0.39 is 29.8 Å². The molecule has 1 aromatic rings. The predicted octanol–water partition coefficient (Wildman–Crippen LogP) is 1.70. The van der Waals surface area contributed by atoms with Crippen LogP contribution in [0.1, 0.15) is 5.56 Å². The Morgan fingerprint density at radius 3 is 2.76 bits per heavy atom. The molecule has 1 aliphatic heterocycles. The van der Waals surface area contributed by atoms with Crippen LogP contribution in [0.2, 0.25) is 0 Å². The molecule has 1 heterocycles. The minimum Gasteiger partial charge on any atom is -0.481 e. The Morgan fingerprint density at radius 1 is 1.43 bits per heavy atom. The van der Waals surface area contributed by atoms with Gasteiger partial charge in [-0.05, 0) is 24.6 Å². The van der Waals surface area contributed by atoms with Gasteiger partial charge >= 0.3 is 12.0 Å². The van der Waals surface area contributed by atoms with Crippen LogP contribution in [0.25, 0.3) is 0 Å². The molecule has 2 amide bonds. The number of urea groups is 1. The number of aliphatic carboxylic acids is 1. The highest BCUT2D eigenvalue weighted by atomic mass is 19.1. The molecule has 2 atom stereocenters. The van der Waals surface area contributed by atoms with Crippen molar-refractivity contribution in [3.8, 4) is 0 Å². The van der Waals surface area contributed by atoms with Crippen molar-refractivity contribution >= 4 is 17.7 Å². The highest BCUT2D eigenvalue weighted by Crippen LogP contribution is 2.20. The monoisotopic (exact) mass is 296 g/mol. The Morgan fingerprint density at radius 2 is 2.14 bits per heavy atom. The summed E-state index contributed by atoms with van der Waals surface area (Å²) in [6, 6.07) is 3.33. The molecule has 2 unspecified atom stereocenters. The number of hydrogen-bond acceptors (Lipinski definition) is 3. The lowest BCUT2D eigenvalue weighted by Crippen LogP contribution is -2.45. The molecule has 0 bridgehead atoms. The van der Waals surface area contributed by atoms with Gasteiger partial charge in [0.2, 0.25) is 0 Å². The van der Waals surface area contributed by atoms with Crippen molar-refractivity contribution < 1.29 is 23.8 Å². The lowest BCUT2D eigenvalue weighted by Gasteiger charge is -2.26. The summed E-state index contributed by atoms with van der Waals surface area (Å²) >= 11 is 0. The van der Waals surface area contributed by atoms with Crippen molar-refractivity contribution in [1.29, 1.82) is 0 Å². The Bertz CT molecular complexity index is 564. The largest absolute Gasteiger partial charge is 0.481 e. The number of halogens is 1. The number of nitrogens with zero attached hydrogens (tertiary/aromatic N) is 1. The van der Waals surface area contributed by atoms with E-state index >= 15 is 0 Å². The van der Waals surface area contributed by atoms with Crippen LogP contribution < -0.4 is 5.32 Å². The van der Waals surface area contributed by atoms with E-state index in [1.165, 1.54) is 18.0 Å². The zero-order valence-electron chi connectivity index (χ0n) is 11.8. The summed E-state index contributed by atoms with van der Waals surface area (Å²) in [5.74, 6) is -2.17. The van der Waals surface area contributed by atoms with Crippen LogP contribution in [0, 0.1) is 18.7 Å². The number of hydrogen-bond donors (Lipinski definition) is 2. The quantitative estimate of drug-likeness (QED) is 0.890. The van der Waals surface area contributed by atoms with Crippen molar-refractivity contribution in [3.63, 3.8) is 0 Å². The number of carboxylic acid groups (broad SMARTS) is 1. The number of nitrogens with one attached hydrogen (secondary N) is 1. The van der Waals surface area contributed by atoms with Crippen LogP contribution in [-0.4, -0.2) is 48.3 Å². The van der Waals surface area contributed by atoms with E-state index in [2.05, 4.69) is 5.32 Å². The summed E-state index contributed by atoms with van der Waals surface area (Å²) in [4.78, 5) is 24.5. The SMILES string of the molecule is Cc1ccc(NC(=O)N(C)C2COCC2C(=O)O)cc1F. The molecule has 21 heavy (non-hydrogen) atoms. The van der Waals surface area contributed by atoms with Gasteiger partial charge in [0.25, 0.3) is 0 Å². The normalized spacial score (nSPS) is 21.1. The van der Waals surface area contributed by atoms with Gasteiger partial charge in [0, 0.05) is 12.7 Å². The van der Waals surface area contributed by atoms with Crippen molar-refractivity contribution in [3.05, 3.63) is 29.6 Å². The lowest BCUT2D eigenvalue weighted by molar-refractivity contribution is -0.142. The first-order valence-electron chi connectivity index (χ1n) is 6.50. The van der Waals surface area contributed by atoms with E-state index in [0.29, 0.717) is 11.3 Å². The van der Waals surface area contributed by atoms with Crippen LogP contribution in [0.5, 0.6) is 0 Å². The van der Waals surface area contributed by atoms with Crippen molar-refractivity contribution in [1.82, 2.24) is 4.90 Å². The molecule has 2 N–H and O–H groups in total. The van der Waals surface area contributed by atoms with E-state index in [1.807, 2.05) is 0 Å². The highest BCUT2D eigenvalue weighted by Gasteiger charge is 2.38. The van der Waals surface area contributed by atoms with Gasteiger partial charge in [-0.3, -0.25) is 4.79 Å². The summed E-state index contributed by atoms with van der Waals surface area (Å²) in [6.45, 7) is 1.88. The van der Waals surface area contributed by atoms with E-state index in [4.69, 9.17) is 9.84 Å². The lowest BCUT2D eigenvalue weighted by atomic mass is 10.0. The van der Waals surface area contributed by atoms with E-state index in [1.54, 1.807) is 19.1 Å². The number of carboxylic acids is 1. The average Bonchev–Trinajstić information content (AvgIpc) is 2.91. The Labute approximate surface area is 121 Å². The fraction of sp³-hybridized carbons (Fsp3) is 0.429. The van der Waals surface area contributed by atoms with Crippen LogP contribution >= 0.6 is 0 Å². The third kappa shape index (κ3) is 3.30. The molecule has 0 saturated carbocycles. The molecule has 0 radical (unpaired) electrons. The Hall–Kier alpha value is -2.15. The standard InChI is InChI=1S/C14H17FN2O4/c1-8-3-4-9(5-11(8)15)16-14(20)17(2)12-7-21-6-10(12)13(18)19/h3-5,10,12H,6-7H2,1-2H3,(H,16,20)(H,18,19). The number of rotatable bonds is 3. The first-order chi connectivity index (χ1) is 9.90. The molecule has 0 aliphatic carbocycles. The van der Waals surface area contributed by atoms with E-state index in [9.17, 15) is 14.0 Å². The smallest absolute Gasteiger partial charge is 0.321 e. The van der Waals surface area contributed by atoms with E-state index in [0.717, 1.165) is 0 Å². The molecule has 0 spiro atoms. The minimum atomic E-state index is -1.00. The molecule has 2 rings (SSSR count). The molecule has 1 aromatic carbocycles. The molecule has 1 saturated heterocycles. The number of amides is 2. The van der Waals surface area contributed by atoms with Gasteiger partial charge in [0.1, 0.15) is 11.7 Å². The van der Waals surface area contributed by atoms with Gasteiger partial charge in [0.05, 0.1) is 19.3 Å². The average molecular weight is 296 g/mol. The predicted molar refractivity (Wildman–Crippen MR) is 73.7 cm³/mol. The topological polar surface area (TPSA) is 78.9 Å². The summed E-state index contributed by atoms with van der Waals surface area (Å²) < 4.78 is 18.6. The molecule has 114 valence electrons. The number of carbonyl (C=O) groups excluding carboxylic acids is 1. The Balaban J connectivity index is 2.05. The van der Waals surface area contributed by atoms with Crippen LogP contribution in [0.3, 0.4) is 0 Å². The van der Waals surface area contributed by atoms with Crippen LogP contribution in [0.4, 0.5) is 14.9 Å². The zero-order valence-corrected chi connectivity index (χ0v) is 11.8. The number of benzene rings is 1. The molecular formula is C14H17FN2O4. The summed E-state index contributed by atoms with van der Waals surface area (Å²) in [6.07, 6.45) is 0. The third-order valence-electron chi connectivity index (χ3n) is 3.61. The fourth-order valence-electron chi connectivity index (χ4n) is 2.19. The number of carbonyl (C=O) groups is 2. The second-order valence-corrected chi connectivity index (χ2v) is 5.05. The summed E-state index contributed by atoms with van der Waals surface area (Å²) in [5, 5.41) is 11.6. The van der Waals surface area contributed by atoms with Crippen molar-refractivity contribution in [2.45, 2.75) is 13.0 Å². The number of likely N-dealkylation sites (N-methyl/N-ethyl adjacent to an activating group) is 1. The molecular weight excluding hydrogens is 279 g/mol. The summed E-state index contributed by atoms with van der Waals surface area (Å²) in [7, 11) is 1.50. The summed E-state index contributed by atoms with van der Waals surface area (Å²) in [5.41, 5.74) is 0.803. The molecule has 7 heteroatoms. The third-order valence-corrected chi connectivity index (χ3v) is 3.61. The fourth-order valence-corrected chi connectivity index (χ4v) is 2.19. The van der Waals surface area contributed by atoms with Gasteiger partial charge in [-0.15, -0.1) is 0 Å². The maximum Gasteiger partial charge on any atom is 0.321 e. The number of anilines is 1. The second kappa shape index (κ2) is 6.09.